The number of hydrogen-bond acceptors (Lipinski definition) is 4. The molecule has 0 aliphatic heterocycles. The summed E-state index contributed by atoms with van der Waals surface area (Å²) in [6.45, 7) is 0. The second-order valence-electron chi connectivity index (χ2n) is 5.94. The Morgan fingerprint density at radius 1 is 1.04 bits per heavy atom. The van der Waals surface area contributed by atoms with E-state index in [4.69, 9.17) is 23.2 Å². The number of halogens is 2. The standard InChI is InChI=1S/C18H13Cl2N3OS/c19-12-7-5-11(6-8-12)18(9-10-18)16(24)21-17-23-22-15(25-17)13-3-1-2-4-14(13)20/h1-8H,9-10H2,(H,21,23,24). The third-order valence-electron chi connectivity index (χ3n) is 4.33. The first-order valence-corrected chi connectivity index (χ1v) is 9.32. The highest BCUT2D eigenvalue weighted by Crippen LogP contribution is 2.49. The summed E-state index contributed by atoms with van der Waals surface area (Å²) in [5.74, 6) is -0.0586. The molecule has 3 aromatic rings. The maximum atomic E-state index is 12.8. The molecule has 0 atom stereocenters. The number of rotatable bonds is 4. The average molecular weight is 390 g/mol. The number of nitrogens with one attached hydrogen (secondary N) is 1. The van der Waals surface area contributed by atoms with E-state index < -0.39 is 5.41 Å². The highest BCUT2D eigenvalue weighted by atomic mass is 35.5. The molecule has 0 saturated heterocycles. The normalized spacial score (nSPS) is 15.0. The van der Waals surface area contributed by atoms with Crippen LogP contribution in [-0.4, -0.2) is 16.1 Å². The minimum Gasteiger partial charge on any atom is -0.300 e. The summed E-state index contributed by atoms with van der Waals surface area (Å²) in [6.07, 6.45) is 1.63. The number of aromatic nitrogens is 2. The molecule has 0 unspecified atom stereocenters. The van der Waals surface area contributed by atoms with Crippen molar-refractivity contribution in [1.82, 2.24) is 10.2 Å². The van der Waals surface area contributed by atoms with Crippen LogP contribution in [0.15, 0.2) is 48.5 Å². The maximum Gasteiger partial charge on any atom is 0.236 e. The highest BCUT2D eigenvalue weighted by Gasteiger charge is 2.51. The number of amides is 1. The van der Waals surface area contributed by atoms with E-state index in [2.05, 4.69) is 15.5 Å². The zero-order chi connectivity index (χ0) is 17.4. The van der Waals surface area contributed by atoms with Crippen molar-refractivity contribution in [1.29, 1.82) is 0 Å². The van der Waals surface area contributed by atoms with Crippen molar-refractivity contribution < 1.29 is 4.79 Å². The van der Waals surface area contributed by atoms with Crippen LogP contribution in [0.25, 0.3) is 10.6 Å². The summed E-state index contributed by atoms with van der Waals surface area (Å²) < 4.78 is 0. The third kappa shape index (κ3) is 3.15. The van der Waals surface area contributed by atoms with Crippen LogP contribution in [0.5, 0.6) is 0 Å². The van der Waals surface area contributed by atoms with Crippen LogP contribution in [0, 0.1) is 0 Å². The van der Waals surface area contributed by atoms with E-state index in [1.807, 2.05) is 42.5 Å². The summed E-state index contributed by atoms with van der Waals surface area (Å²) in [4.78, 5) is 12.8. The van der Waals surface area contributed by atoms with E-state index in [1.165, 1.54) is 11.3 Å². The Labute approximate surface area is 158 Å². The third-order valence-corrected chi connectivity index (χ3v) is 5.78. The Hall–Kier alpha value is -1.95. The molecule has 2 aromatic carbocycles. The zero-order valence-electron chi connectivity index (χ0n) is 13.0. The van der Waals surface area contributed by atoms with Gasteiger partial charge in [-0.2, -0.15) is 0 Å². The lowest BCUT2D eigenvalue weighted by molar-refractivity contribution is -0.118. The molecule has 1 heterocycles. The van der Waals surface area contributed by atoms with Gasteiger partial charge in [-0.3, -0.25) is 10.1 Å². The van der Waals surface area contributed by atoms with E-state index >= 15 is 0 Å². The number of carbonyl (C=O) groups excluding carboxylic acids is 1. The van der Waals surface area contributed by atoms with Crippen LogP contribution in [-0.2, 0) is 10.2 Å². The monoisotopic (exact) mass is 389 g/mol. The van der Waals surface area contributed by atoms with Gasteiger partial charge in [0.1, 0.15) is 0 Å². The number of nitrogens with zero attached hydrogens (tertiary/aromatic N) is 2. The Morgan fingerprint density at radius 2 is 1.76 bits per heavy atom. The Balaban J connectivity index is 1.54. The Kier molecular flexibility index (Phi) is 4.23. The van der Waals surface area contributed by atoms with Crippen molar-refractivity contribution in [2.75, 3.05) is 5.32 Å². The molecule has 1 amide bonds. The van der Waals surface area contributed by atoms with Gasteiger partial charge in [0.05, 0.1) is 10.4 Å². The van der Waals surface area contributed by atoms with Gasteiger partial charge in [-0.05, 0) is 36.6 Å². The molecular formula is C18H13Cl2N3OS. The van der Waals surface area contributed by atoms with Gasteiger partial charge in [0.25, 0.3) is 0 Å². The first-order valence-electron chi connectivity index (χ1n) is 7.74. The fourth-order valence-corrected chi connectivity index (χ4v) is 3.96. The SMILES string of the molecule is O=C(Nc1nnc(-c2ccccc2Cl)s1)C1(c2ccc(Cl)cc2)CC1. The minimum atomic E-state index is -0.485. The van der Waals surface area contributed by atoms with Gasteiger partial charge in [0, 0.05) is 10.6 Å². The molecule has 0 spiro atoms. The quantitative estimate of drug-likeness (QED) is 0.668. The topological polar surface area (TPSA) is 54.9 Å². The lowest BCUT2D eigenvalue weighted by Gasteiger charge is -2.14. The van der Waals surface area contributed by atoms with Crippen LogP contribution in [0.1, 0.15) is 18.4 Å². The van der Waals surface area contributed by atoms with E-state index in [-0.39, 0.29) is 5.91 Å². The molecule has 1 saturated carbocycles. The van der Waals surface area contributed by atoms with Gasteiger partial charge >= 0.3 is 0 Å². The van der Waals surface area contributed by atoms with E-state index in [9.17, 15) is 4.79 Å². The predicted octanol–water partition coefficient (Wildman–Crippen LogP) is 5.18. The molecule has 0 bridgehead atoms. The molecule has 1 fully saturated rings. The largest absolute Gasteiger partial charge is 0.300 e. The molecule has 4 rings (SSSR count). The minimum absolute atomic E-state index is 0.0586. The second-order valence-corrected chi connectivity index (χ2v) is 7.76. The van der Waals surface area contributed by atoms with Crippen LogP contribution in [0.2, 0.25) is 10.0 Å². The maximum absolute atomic E-state index is 12.8. The summed E-state index contributed by atoms with van der Waals surface area (Å²) in [5.41, 5.74) is 1.30. The molecule has 0 radical (unpaired) electrons. The molecule has 1 aliphatic carbocycles. The van der Waals surface area contributed by atoms with Gasteiger partial charge < -0.3 is 0 Å². The zero-order valence-corrected chi connectivity index (χ0v) is 15.3. The lowest BCUT2D eigenvalue weighted by atomic mass is 9.95. The summed E-state index contributed by atoms with van der Waals surface area (Å²) in [5, 5.41) is 13.5. The van der Waals surface area contributed by atoms with Crippen molar-refractivity contribution in [3.8, 4) is 10.6 Å². The number of benzene rings is 2. The van der Waals surface area contributed by atoms with Crippen molar-refractivity contribution in [2.45, 2.75) is 18.3 Å². The number of anilines is 1. The molecular weight excluding hydrogens is 377 g/mol. The molecule has 4 nitrogen and oxygen atoms in total. The molecule has 126 valence electrons. The van der Waals surface area contributed by atoms with Crippen molar-refractivity contribution in [2.24, 2.45) is 0 Å². The fraction of sp³-hybridized carbons (Fsp3) is 0.167. The van der Waals surface area contributed by atoms with Crippen LogP contribution in [0.4, 0.5) is 5.13 Å². The highest BCUT2D eigenvalue weighted by molar-refractivity contribution is 7.18. The summed E-state index contributed by atoms with van der Waals surface area (Å²) in [7, 11) is 0. The first-order chi connectivity index (χ1) is 12.1. The van der Waals surface area contributed by atoms with E-state index in [0.717, 1.165) is 24.0 Å². The van der Waals surface area contributed by atoms with Gasteiger partial charge in [-0.15, -0.1) is 10.2 Å². The van der Waals surface area contributed by atoms with Crippen LogP contribution in [0.3, 0.4) is 0 Å². The Morgan fingerprint density at radius 3 is 2.44 bits per heavy atom. The van der Waals surface area contributed by atoms with E-state index in [1.54, 1.807) is 6.07 Å². The summed E-state index contributed by atoms with van der Waals surface area (Å²) >= 11 is 13.4. The van der Waals surface area contributed by atoms with Gasteiger partial charge in [0.2, 0.25) is 11.0 Å². The summed E-state index contributed by atoms with van der Waals surface area (Å²) in [6, 6.07) is 14.9. The van der Waals surface area contributed by atoms with Gasteiger partial charge in [0.15, 0.2) is 5.01 Å². The molecule has 1 aliphatic rings. The number of hydrogen-bond donors (Lipinski definition) is 1. The van der Waals surface area contributed by atoms with Crippen molar-refractivity contribution >= 4 is 45.6 Å². The van der Waals surface area contributed by atoms with E-state index in [0.29, 0.717) is 20.2 Å². The Bertz CT molecular complexity index is 936. The first kappa shape index (κ1) is 16.5. The van der Waals surface area contributed by atoms with Crippen molar-refractivity contribution in [3.63, 3.8) is 0 Å². The fourth-order valence-electron chi connectivity index (χ4n) is 2.77. The van der Waals surface area contributed by atoms with Crippen LogP contribution >= 0.6 is 34.5 Å². The van der Waals surface area contributed by atoms with Crippen LogP contribution < -0.4 is 5.32 Å². The molecule has 1 aromatic heterocycles. The second kappa shape index (κ2) is 6.41. The average Bonchev–Trinajstić information content (AvgIpc) is 3.30. The predicted molar refractivity (Wildman–Crippen MR) is 101 cm³/mol. The van der Waals surface area contributed by atoms with Gasteiger partial charge in [-0.1, -0.05) is 64.9 Å². The lowest BCUT2D eigenvalue weighted by Crippen LogP contribution is -2.27. The number of carbonyl (C=O) groups is 1. The van der Waals surface area contributed by atoms with Gasteiger partial charge in [-0.25, -0.2) is 0 Å². The van der Waals surface area contributed by atoms with Crippen molar-refractivity contribution in [3.05, 3.63) is 64.1 Å². The smallest absolute Gasteiger partial charge is 0.236 e. The molecule has 1 N–H and O–H groups in total. The molecule has 7 heteroatoms. The molecule has 25 heavy (non-hydrogen) atoms.